The predicted molar refractivity (Wildman–Crippen MR) is 139 cm³/mol. The van der Waals surface area contributed by atoms with Gasteiger partial charge in [-0.3, -0.25) is 14.9 Å². The Kier molecular flexibility index (Phi) is 11.6. The highest BCUT2D eigenvalue weighted by molar-refractivity contribution is 5.91. The summed E-state index contributed by atoms with van der Waals surface area (Å²) in [4.78, 5) is 36.7. The maximum Gasteiger partial charge on any atom is 0.328 e. The lowest BCUT2D eigenvalue weighted by Gasteiger charge is -2.21. The van der Waals surface area contributed by atoms with Crippen molar-refractivity contribution in [3.8, 4) is 0 Å². The van der Waals surface area contributed by atoms with Gasteiger partial charge in [0.05, 0.1) is 0 Å². The van der Waals surface area contributed by atoms with Crippen LogP contribution < -0.4 is 10.6 Å². The van der Waals surface area contributed by atoms with E-state index in [9.17, 15) is 14.4 Å². The number of esters is 1. The Morgan fingerprint density at radius 2 is 1.56 bits per heavy atom. The fraction of sp³-hybridized carbons (Fsp3) is 0.483. The first-order valence-electron chi connectivity index (χ1n) is 13.1. The summed E-state index contributed by atoms with van der Waals surface area (Å²) in [6.45, 7) is -0.000856. The van der Waals surface area contributed by atoms with Crippen molar-refractivity contribution < 1.29 is 24.2 Å². The minimum Gasteiger partial charge on any atom is -0.461 e. The standard InChI is InChI=1S/C29H38N2O5/c32-21-24(33)15-6-1-2-7-19-27(34)31-26-18-11-8-14-23(26)20-30-28(22-12-4-3-5-13-22)29(35)36-25-16-9-10-17-25/h3-5,8,11-14,18,25,28,30,32H,1-2,6-7,9-10,15-17,19-21H2,(H,31,34). The lowest BCUT2D eigenvalue weighted by atomic mass is 10.1. The molecule has 0 aliphatic heterocycles. The fourth-order valence-corrected chi connectivity index (χ4v) is 4.48. The van der Waals surface area contributed by atoms with E-state index in [1.54, 1.807) is 0 Å². The Bertz CT molecular complexity index is 973. The largest absolute Gasteiger partial charge is 0.461 e. The molecule has 2 aromatic rings. The normalized spacial score (nSPS) is 14.4. The highest BCUT2D eigenvalue weighted by Crippen LogP contribution is 2.25. The van der Waals surface area contributed by atoms with E-state index in [2.05, 4.69) is 10.6 Å². The van der Waals surface area contributed by atoms with E-state index in [0.717, 1.165) is 68.2 Å². The molecule has 1 amide bonds. The van der Waals surface area contributed by atoms with Crippen molar-refractivity contribution in [3.63, 3.8) is 0 Å². The van der Waals surface area contributed by atoms with Crippen molar-refractivity contribution >= 4 is 23.3 Å². The molecular formula is C29H38N2O5. The molecule has 1 fully saturated rings. The Morgan fingerprint density at radius 1 is 0.889 bits per heavy atom. The number of hydrogen-bond acceptors (Lipinski definition) is 6. The Balaban J connectivity index is 1.53. The van der Waals surface area contributed by atoms with Crippen LogP contribution in [0.5, 0.6) is 0 Å². The third-order valence-corrected chi connectivity index (χ3v) is 6.53. The van der Waals surface area contributed by atoms with Gasteiger partial charge in [0.15, 0.2) is 5.78 Å². The summed E-state index contributed by atoms with van der Waals surface area (Å²) in [7, 11) is 0. The van der Waals surface area contributed by atoms with Gasteiger partial charge in [-0.25, -0.2) is 4.79 Å². The van der Waals surface area contributed by atoms with Crippen molar-refractivity contribution in [1.29, 1.82) is 0 Å². The molecule has 1 atom stereocenters. The third kappa shape index (κ3) is 9.21. The molecule has 3 N–H and O–H groups in total. The first-order valence-corrected chi connectivity index (χ1v) is 13.1. The summed E-state index contributed by atoms with van der Waals surface area (Å²) in [6, 6.07) is 16.6. The summed E-state index contributed by atoms with van der Waals surface area (Å²) in [6.07, 6.45) is 8.00. The van der Waals surface area contributed by atoms with Crippen LogP contribution in [0, 0.1) is 0 Å². The zero-order chi connectivity index (χ0) is 25.6. The first kappa shape index (κ1) is 27.6. The second-order valence-corrected chi connectivity index (χ2v) is 9.38. The van der Waals surface area contributed by atoms with Gasteiger partial charge < -0.3 is 15.2 Å². The number of aliphatic hydroxyl groups excluding tert-OH is 1. The van der Waals surface area contributed by atoms with Gasteiger partial charge in [-0.2, -0.15) is 0 Å². The lowest BCUT2D eigenvalue weighted by molar-refractivity contribution is -0.151. The van der Waals surface area contributed by atoms with E-state index >= 15 is 0 Å². The van der Waals surface area contributed by atoms with E-state index in [4.69, 9.17) is 9.84 Å². The zero-order valence-electron chi connectivity index (χ0n) is 20.9. The minimum atomic E-state index is -0.590. The number of anilines is 1. The number of aliphatic hydroxyl groups is 1. The molecule has 1 saturated carbocycles. The van der Waals surface area contributed by atoms with E-state index in [0.29, 0.717) is 19.4 Å². The monoisotopic (exact) mass is 494 g/mol. The number of ketones is 1. The molecular weight excluding hydrogens is 456 g/mol. The quantitative estimate of drug-likeness (QED) is 0.242. The number of benzene rings is 2. The number of rotatable bonds is 15. The van der Waals surface area contributed by atoms with Crippen LogP contribution >= 0.6 is 0 Å². The van der Waals surface area contributed by atoms with Gasteiger partial charge in [-0.05, 0) is 55.7 Å². The van der Waals surface area contributed by atoms with Crippen molar-refractivity contribution in [2.45, 2.75) is 82.9 Å². The summed E-state index contributed by atoms with van der Waals surface area (Å²) < 4.78 is 5.80. The predicted octanol–water partition coefficient (Wildman–Crippen LogP) is 4.84. The SMILES string of the molecule is O=C(CO)CCCCCCC(=O)Nc1ccccc1CNC(C(=O)OC1CCCC1)c1ccccc1. The van der Waals surface area contributed by atoms with Crippen molar-refractivity contribution in [1.82, 2.24) is 5.32 Å². The Hall–Kier alpha value is -3.03. The van der Waals surface area contributed by atoms with Gasteiger partial charge in [-0.1, -0.05) is 61.4 Å². The summed E-state index contributed by atoms with van der Waals surface area (Å²) >= 11 is 0. The molecule has 0 radical (unpaired) electrons. The fourth-order valence-electron chi connectivity index (χ4n) is 4.48. The number of nitrogens with one attached hydrogen (secondary N) is 2. The highest BCUT2D eigenvalue weighted by atomic mass is 16.5. The van der Waals surface area contributed by atoms with Crippen molar-refractivity contribution in [3.05, 3.63) is 65.7 Å². The number of hydrogen-bond donors (Lipinski definition) is 3. The van der Waals surface area contributed by atoms with Gasteiger partial charge >= 0.3 is 5.97 Å². The van der Waals surface area contributed by atoms with Crippen molar-refractivity contribution in [2.24, 2.45) is 0 Å². The Morgan fingerprint density at radius 3 is 2.28 bits per heavy atom. The first-order chi connectivity index (χ1) is 17.6. The second kappa shape index (κ2) is 15.2. The van der Waals surface area contributed by atoms with Crippen LogP contribution in [0.4, 0.5) is 5.69 Å². The van der Waals surface area contributed by atoms with Crippen molar-refractivity contribution in [2.75, 3.05) is 11.9 Å². The van der Waals surface area contributed by atoms with Gasteiger partial charge in [0.25, 0.3) is 0 Å². The molecule has 0 bridgehead atoms. The van der Waals surface area contributed by atoms with Gasteiger partial charge in [0, 0.05) is 25.1 Å². The number of carbonyl (C=O) groups excluding carboxylic acids is 3. The molecule has 36 heavy (non-hydrogen) atoms. The van der Waals surface area contributed by atoms with Crippen LogP contribution in [0.1, 0.15) is 81.4 Å². The van der Waals surface area contributed by atoms with E-state index in [1.807, 2.05) is 54.6 Å². The maximum atomic E-state index is 13.0. The van der Waals surface area contributed by atoms with Gasteiger partial charge in [0.2, 0.25) is 5.91 Å². The number of amides is 1. The molecule has 1 aliphatic carbocycles. The topological polar surface area (TPSA) is 105 Å². The molecule has 1 aliphatic rings. The second-order valence-electron chi connectivity index (χ2n) is 9.38. The summed E-state index contributed by atoms with van der Waals surface area (Å²) in [5.74, 6) is -0.469. The van der Waals surface area contributed by atoms with Crippen LogP contribution in [0.2, 0.25) is 0 Å². The molecule has 1 unspecified atom stereocenters. The van der Waals surface area contributed by atoms with Crippen LogP contribution in [0.25, 0.3) is 0 Å². The molecule has 7 nitrogen and oxygen atoms in total. The summed E-state index contributed by atoms with van der Waals surface area (Å²) in [5.41, 5.74) is 2.46. The smallest absolute Gasteiger partial charge is 0.328 e. The molecule has 7 heteroatoms. The molecule has 2 aromatic carbocycles. The van der Waals surface area contributed by atoms with Gasteiger partial charge in [-0.15, -0.1) is 0 Å². The third-order valence-electron chi connectivity index (χ3n) is 6.53. The average molecular weight is 495 g/mol. The van der Waals surface area contributed by atoms with Crippen LogP contribution in [0.3, 0.4) is 0 Å². The van der Waals surface area contributed by atoms with Crippen LogP contribution in [-0.4, -0.2) is 35.5 Å². The molecule has 0 spiro atoms. The molecule has 3 rings (SSSR count). The lowest BCUT2D eigenvalue weighted by Crippen LogP contribution is -2.32. The number of ether oxygens (including phenoxy) is 1. The van der Waals surface area contributed by atoms with E-state index in [-0.39, 0.29) is 23.8 Å². The average Bonchev–Trinajstić information content (AvgIpc) is 3.40. The number of para-hydroxylation sites is 1. The highest BCUT2D eigenvalue weighted by Gasteiger charge is 2.26. The Labute approximate surface area is 213 Å². The summed E-state index contributed by atoms with van der Waals surface area (Å²) in [5, 5.41) is 15.1. The van der Waals surface area contributed by atoms with Crippen LogP contribution in [-0.2, 0) is 25.7 Å². The molecule has 0 heterocycles. The number of unbranched alkanes of at least 4 members (excludes halogenated alkanes) is 3. The number of Topliss-reactive ketones (excluding diaryl/α,β-unsaturated/α-hetero) is 1. The maximum absolute atomic E-state index is 13.0. The van der Waals surface area contributed by atoms with Gasteiger partial charge in [0.1, 0.15) is 18.8 Å². The van der Waals surface area contributed by atoms with Crippen LogP contribution in [0.15, 0.2) is 54.6 Å². The van der Waals surface area contributed by atoms with E-state index in [1.165, 1.54) is 0 Å². The minimum absolute atomic E-state index is 0.00717. The molecule has 194 valence electrons. The zero-order valence-corrected chi connectivity index (χ0v) is 20.9. The van der Waals surface area contributed by atoms with E-state index < -0.39 is 12.6 Å². The molecule has 0 saturated heterocycles. The molecule has 0 aromatic heterocycles. The number of carbonyl (C=O) groups is 3.